The molecule has 3 rings (SSSR count). The molecule has 6 heteroatoms. The van der Waals surface area contributed by atoms with Gasteiger partial charge in [-0.3, -0.25) is 9.36 Å². The normalized spacial score (nSPS) is 12.9. The molecule has 0 radical (unpaired) electrons. The van der Waals surface area contributed by atoms with Gasteiger partial charge in [0.05, 0.1) is 22.5 Å². The Bertz CT molecular complexity index is 886. The van der Waals surface area contributed by atoms with Crippen molar-refractivity contribution in [3.05, 3.63) is 57.8 Å². The average molecular weight is 392 g/mol. The summed E-state index contributed by atoms with van der Waals surface area (Å²) in [6.07, 6.45) is 0. The largest absolute Gasteiger partial charge is 0.291 e. The van der Waals surface area contributed by atoms with Gasteiger partial charge in [0.2, 0.25) is 0 Å². The summed E-state index contributed by atoms with van der Waals surface area (Å²) in [6, 6.07) is 9.99. The van der Waals surface area contributed by atoms with Crippen LogP contribution in [-0.4, -0.2) is 13.9 Å². The van der Waals surface area contributed by atoms with Crippen LogP contribution in [0.2, 0.25) is 0 Å². The number of halogens is 1. The Labute approximate surface area is 147 Å². The molecule has 0 saturated carbocycles. The summed E-state index contributed by atoms with van der Waals surface area (Å²) in [5.41, 5.74) is 1.83. The zero-order valence-electron chi connectivity index (χ0n) is 13.3. The van der Waals surface area contributed by atoms with Crippen molar-refractivity contribution in [1.29, 1.82) is 0 Å². The zero-order valence-corrected chi connectivity index (χ0v) is 15.7. The van der Waals surface area contributed by atoms with Gasteiger partial charge in [0, 0.05) is 0 Å². The molecule has 0 saturated heterocycles. The van der Waals surface area contributed by atoms with Gasteiger partial charge in [-0.2, -0.15) is 4.37 Å². The van der Waals surface area contributed by atoms with Crippen LogP contribution in [0, 0.1) is 12.8 Å². The predicted molar refractivity (Wildman–Crippen MR) is 98.5 cm³/mol. The Morgan fingerprint density at radius 2 is 1.96 bits per heavy atom. The summed E-state index contributed by atoms with van der Waals surface area (Å²) in [4.78, 5) is 18.5. The first-order valence-electron chi connectivity index (χ1n) is 7.53. The van der Waals surface area contributed by atoms with Crippen molar-refractivity contribution in [3.8, 4) is 0 Å². The number of rotatable bonds is 4. The molecule has 0 aliphatic heterocycles. The van der Waals surface area contributed by atoms with Crippen LogP contribution in [0.1, 0.15) is 35.8 Å². The molecular weight excluding hydrogens is 374 g/mol. The van der Waals surface area contributed by atoms with Crippen LogP contribution < -0.4 is 5.56 Å². The van der Waals surface area contributed by atoms with Gasteiger partial charge in [-0.1, -0.05) is 60.1 Å². The molecular formula is C17H18BrN3OS. The van der Waals surface area contributed by atoms with Crippen molar-refractivity contribution >= 4 is 37.7 Å². The molecule has 0 aliphatic carbocycles. The highest BCUT2D eigenvalue weighted by Crippen LogP contribution is 2.30. The van der Waals surface area contributed by atoms with Gasteiger partial charge in [0.15, 0.2) is 4.83 Å². The third-order valence-corrected chi connectivity index (χ3v) is 6.11. The number of fused-ring (bicyclic) bond motifs is 1. The first-order chi connectivity index (χ1) is 11.0. The van der Waals surface area contributed by atoms with Crippen LogP contribution in [0.5, 0.6) is 0 Å². The molecule has 1 atom stereocenters. The van der Waals surface area contributed by atoms with E-state index in [4.69, 9.17) is 4.98 Å². The van der Waals surface area contributed by atoms with E-state index in [1.165, 1.54) is 11.5 Å². The number of hydrogen-bond donors (Lipinski definition) is 0. The van der Waals surface area contributed by atoms with E-state index >= 15 is 0 Å². The lowest BCUT2D eigenvalue weighted by Crippen LogP contribution is -2.27. The molecule has 0 spiro atoms. The minimum absolute atomic E-state index is 0.00907. The average Bonchev–Trinajstić information content (AvgIpc) is 2.91. The van der Waals surface area contributed by atoms with Crippen LogP contribution in [0.4, 0.5) is 0 Å². The van der Waals surface area contributed by atoms with Crippen LogP contribution in [0.15, 0.2) is 35.1 Å². The van der Waals surface area contributed by atoms with Gasteiger partial charge < -0.3 is 0 Å². The third-order valence-electron chi connectivity index (χ3n) is 3.81. The molecule has 23 heavy (non-hydrogen) atoms. The van der Waals surface area contributed by atoms with Crippen LogP contribution in [-0.2, 0) is 6.54 Å². The molecule has 1 unspecified atom stereocenters. The first kappa shape index (κ1) is 16.3. The van der Waals surface area contributed by atoms with Crippen molar-refractivity contribution in [2.24, 2.45) is 5.92 Å². The minimum atomic E-state index is -0.00907. The van der Waals surface area contributed by atoms with E-state index in [2.05, 4.69) is 34.2 Å². The van der Waals surface area contributed by atoms with E-state index in [0.717, 1.165) is 21.9 Å². The number of aromatic nitrogens is 3. The highest BCUT2D eigenvalue weighted by molar-refractivity contribution is 9.09. The van der Waals surface area contributed by atoms with Crippen molar-refractivity contribution in [3.63, 3.8) is 0 Å². The lowest BCUT2D eigenvalue weighted by molar-refractivity contribution is 0.569. The van der Waals surface area contributed by atoms with Crippen molar-refractivity contribution in [1.82, 2.24) is 13.9 Å². The fourth-order valence-corrected chi connectivity index (χ4v) is 3.64. The second kappa shape index (κ2) is 6.53. The molecule has 0 N–H and O–H groups in total. The van der Waals surface area contributed by atoms with E-state index in [1.807, 2.05) is 37.3 Å². The molecule has 0 bridgehead atoms. The Hall–Kier alpha value is -1.53. The maximum absolute atomic E-state index is 13.0. The Kier molecular flexibility index (Phi) is 4.64. The fraction of sp³-hybridized carbons (Fsp3) is 0.353. The molecule has 3 aromatic rings. The number of hydrogen-bond acceptors (Lipinski definition) is 4. The number of nitrogens with zero attached hydrogens (tertiary/aromatic N) is 3. The second-order valence-corrected chi connectivity index (χ2v) is 7.68. The number of aryl methyl sites for hydroxylation is 1. The third kappa shape index (κ3) is 3.10. The summed E-state index contributed by atoms with van der Waals surface area (Å²) in [6.45, 7) is 6.60. The molecule has 120 valence electrons. The summed E-state index contributed by atoms with van der Waals surface area (Å²) >= 11 is 4.99. The quantitative estimate of drug-likeness (QED) is 0.622. The smallest absolute Gasteiger partial charge is 0.264 e. The molecule has 0 amide bonds. The van der Waals surface area contributed by atoms with Crippen molar-refractivity contribution in [2.45, 2.75) is 32.1 Å². The maximum atomic E-state index is 13.0. The van der Waals surface area contributed by atoms with Crippen molar-refractivity contribution < 1.29 is 0 Å². The summed E-state index contributed by atoms with van der Waals surface area (Å²) in [7, 11) is 0. The van der Waals surface area contributed by atoms with E-state index in [-0.39, 0.29) is 10.4 Å². The maximum Gasteiger partial charge on any atom is 0.264 e. The summed E-state index contributed by atoms with van der Waals surface area (Å²) in [5.74, 6) is 1.10. The fourth-order valence-electron chi connectivity index (χ4n) is 2.51. The summed E-state index contributed by atoms with van der Waals surface area (Å²) in [5, 5.41) is 0.637. The van der Waals surface area contributed by atoms with Gasteiger partial charge in [0.1, 0.15) is 5.82 Å². The Balaban J connectivity index is 2.23. The molecule has 0 fully saturated rings. The van der Waals surface area contributed by atoms with Crippen LogP contribution in [0.3, 0.4) is 0 Å². The Morgan fingerprint density at radius 3 is 2.61 bits per heavy atom. The highest BCUT2D eigenvalue weighted by Gasteiger charge is 2.22. The lowest BCUT2D eigenvalue weighted by atomic mass is 10.1. The number of alkyl halides is 1. The SMILES string of the molecule is Cc1nsc2nc(C(Br)C(C)C)n(Cc3ccccc3)c(=O)c12. The van der Waals surface area contributed by atoms with Gasteiger partial charge in [0.25, 0.3) is 5.56 Å². The standard InChI is InChI=1S/C17H18BrN3OS/c1-10(2)14(18)15-19-16-13(11(3)20-23-16)17(22)21(15)9-12-7-5-4-6-8-12/h4-8,10,14H,9H2,1-3H3. The van der Waals surface area contributed by atoms with Gasteiger partial charge in [-0.05, 0) is 29.9 Å². The van der Waals surface area contributed by atoms with Crippen LogP contribution in [0.25, 0.3) is 10.2 Å². The van der Waals surface area contributed by atoms with E-state index < -0.39 is 0 Å². The van der Waals surface area contributed by atoms with E-state index in [0.29, 0.717) is 17.8 Å². The van der Waals surface area contributed by atoms with Crippen LogP contribution >= 0.6 is 27.5 Å². The van der Waals surface area contributed by atoms with Gasteiger partial charge in [-0.25, -0.2) is 4.98 Å². The topological polar surface area (TPSA) is 47.8 Å². The Morgan fingerprint density at radius 1 is 1.26 bits per heavy atom. The van der Waals surface area contributed by atoms with Crippen molar-refractivity contribution in [2.75, 3.05) is 0 Å². The van der Waals surface area contributed by atoms with Gasteiger partial charge >= 0.3 is 0 Å². The monoisotopic (exact) mass is 391 g/mol. The lowest BCUT2D eigenvalue weighted by Gasteiger charge is -2.19. The molecule has 4 nitrogen and oxygen atoms in total. The minimum Gasteiger partial charge on any atom is -0.291 e. The molecule has 1 aromatic carbocycles. The predicted octanol–water partition coefficient (Wildman–Crippen LogP) is 4.30. The van der Waals surface area contributed by atoms with Gasteiger partial charge in [-0.15, -0.1) is 0 Å². The van der Waals surface area contributed by atoms with E-state index in [1.54, 1.807) is 4.57 Å². The highest BCUT2D eigenvalue weighted by atomic mass is 79.9. The molecule has 2 aromatic heterocycles. The zero-order chi connectivity index (χ0) is 16.6. The summed E-state index contributed by atoms with van der Waals surface area (Å²) < 4.78 is 6.08. The second-order valence-electron chi connectivity index (χ2n) is 5.94. The number of benzene rings is 1. The van der Waals surface area contributed by atoms with E-state index in [9.17, 15) is 4.79 Å². The first-order valence-corrected chi connectivity index (χ1v) is 9.22. The molecule has 2 heterocycles. The molecule has 0 aliphatic rings.